The van der Waals surface area contributed by atoms with Crippen LogP contribution in [-0.4, -0.2) is 76.8 Å². The highest BCUT2D eigenvalue weighted by atomic mass is 32.3. The Balaban J connectivity index is 1.24. The molecule has 2 aromatic heterocycles. The fourth-order valence-electron chi connectivity index (χ4n) is 6.41. The number of nitrogens with one attached hydrogen (secondary N) is 1. The maximum atomic E-state index is 13.2. The number of fused-ring (bicyclic) bond motifs is 2. The van der Waals surface area contributed by atoms with Gasteiger partial charge in [0.25, 0.3) is 5.91 Å². The molecule has 1 unspecified atom stereocenters. The number of benzene rings is 1. The molecule has 4 aliphatic rings. The Bertz CT molecular complexity index is 1520. The Morgan fingerprint density at radius 3 is 2.59 bits per heavy atom. The number of hydrogen-bond donors (Lipinski definition) is 3. The van der Waals surface area contributed by atoms with Gasteiger partial charge in [-0.1, -0.05) is 6.07 Å². The normalized spacial score (nSPS) is 24.2. The van der Waals surface area contributed by atoms with Gasteiger partial charge in [-0.05, 0) is 67.7 Å². The number of imide groups is 1. The van der Waals surface area contributed by atoms with Crippen molar-refractivity contribution in [2.75, 3.05) is 24.6 Å². The molecule has 0 saturated carbocycles. The van der Waals surface area contributed by atoms with Gasteiger partial charge >= 0.3 is 0 Å². The standard InChI is InChI=1S/C28H31N5O5S/c34-25-6-5-24(27(35)30-25)33-14-18-11-17(3-4-22(18)28(33)36)23-12-19(13-31-8-1-2-9-31)21-7-10-32(26(21)29-23)20-15-39(37,38)16-20/h3-4,7,10-12,20,24,37-38H,1-2,5-6,8-9,13-16H2,(H,30,34,35). The molecule has 0 bridgehead atoms. The number of likely N-dealkylation sites (tertiary alicyclic amines) is 1. The molecule has 3 amide bonds. The predicted molar refractivity (Wildman–Crippen MR) is 147 cm³/mol. The fraction of sp³-hybridized carbons (Fsp3) is 0.429. The van der Waals surface area contributed by atoms with Crippen LogP contribution in [0.5, 0.6) is 0 Å². The van der Waals surface area contributed by atoms with Gasteiger partial charge in [0.15, 0.2) is 0 Å². The van der Waals surface area contributed by atoms with Crippen molar-refractivity contribution >= 4 is 39.3 Å². The van der Waals surface area contributed by atoms with Crippen molar-refractivity contribution in [3.05, 3.63) is 53.2 Å². The Labute approximate surface area is 227 Å². The van der Waals surface area contributed by atoms with E-state index in [0.717, 1.165) is 47.5 Å². The van der Waals surface area contributed by atoms with Crippen LogP contribution >= 0.6 is 10.6 Å². The summed E-state index contributed by atoms with van der Waals surface area (Å²) in [6, 6.07) is 9.29. The molecular formula is C28H31N5O5S. The van der Waals surface area contributed by atoms with Crippen LogP contribution < -0.4 is 5.32 Å². The van der Waals surface area contributed by atoms with Crippen molar-refractivity contribution in [1.82, 2.24) is 24.7 Å². The van der Waals surface area contributed by atoms with Crippen LogP contribution in [0.2, 0.25) is 0 Å². The lowest BCUT2D eigenvalue weighted by Gasteiger charge is -2.47. The highest BCUT2D eigenvalue weighted by Crippen LogP contribution is 2.54. The molecule has 39 heavy (non-hydrogen) atoms. The Hall–Kier alpha value is -3.25. The minimum Gasteiger partial charge on any atom is -0.326 e. The molecule has 204 valence electrons. The fourth-order valence-corrected chi connectivity index (χ4v) is 7.87. The molecular weight excluding hydrogens is 518 g/mol. The van der Waals surface area contributed by atoms with E-state index in [4.69, 9.17) is 4.98 Å². The first kappa shape index (κ1) is 24.8. The highest BCUT2D eigenvalue weighted by Gasteiger charge is 2.39. The van der Waals surface area contributed by atoms with E-state index < -0.39 is 22.5 Å². The SMILES string of the molecule is O=C1CCC(N2Cc3cc(-c4cc(CN5CCCC5)c5ccn(C6CS(O)(O)C6)c5n4)ccc3C2=O)C(=O)N1. The third kappa shape index (κ3) is 4.33. The van der Waals surface area contributed by atoms with Gasteiger partial charge in [-0.15, -0.1) is 0 Å². The molecule has 11 heteroatoms. The van der Waals surface area contributed by atoms with Gasteiger partial charge < -0.3 is 9.47 Å². The van der Waals surface area contributed by atoms with Crippen LogP contribution in [0.3, 0.4) is 0 Å². The molecule has 1 aromatic carbocycles. The molecule has 3 aromatic rings. The van der Waals surface area contributed by atoms with Crippen molar-refractivity contribution in [2.24, 2.45) is 0 Å². The summed E-state index contributed by atoms with van der Waals surface area (Å²) in [6.07, 6.45) is 4.96. The number of hydrogen-bond acceptors (Lipinski definition) is 7. The molecule has 10 nitrogen and oxygen atoms in total. The van der Waals surface area contributed by atoms with Gasteiger partial charge in [-0.3, -0.25) is 33.7 Å². The van der Waals surface area contributed by atoms with Gasteiger partial charge in [0.1, 0.15) is 11.7 Å². The monoisotopic (exact) mass is 549 g/mol. The smallest absolute Gasteiger partial charge is 0.255 e. The van der Waals surface area contributed by atoms with Crippen LogP contribution in [-0.2, 0) is 22.7 Å². The minimum atomic E-state index is -2.49. The second kappa shape index (κ2) is 9.16. The number of carbonyl (C=O) groups is 3. The second-order valence-electron chi connectivity index (χ2n) is 11.2. The van der Waals surface area contributed by atoms with Crippen molar-refractivity contribution in [1.29, 1.82) is 0 Å². The minimum absolute atomic E-state index is 0.00890. The predicted octanol–water partition coefficient (Wildman–Crippen LogP) is 3.37. The average Bonchev–Trinajstić information content (AvgIpc) is 3.62. The van der Waals surface area contributed by atoms with Crippen molar-refractivity contribution in [3.8, 4) is 11.3 Å². The van der Waals surface area contributed by atoms with Crippen LogP contribution in [0.15, 0.2) is 36.5 Å². The summed E-state index contributed by atoms with van der Waals surface area (Å²) in [5, 5.41) is 3.43. The lowest BCUT2D eigenvalue weighted by Crippen LogP contribution is -2.52. The molecule has 3 N–H and O–H groups in total. The zero-order chi connectivity index (χ0) is 26.9. The van der Waals surface area contributed by atoms with E-state index in [0.29, 0.717) is 30.0 Å². The number of aromatic nitrogens is 2. The molecule has 0 radical (unpaired) electrons. The lowest BCUT2D eigenvalue weighted by atomic mass is 10.0. The molecule has 7 rings (SSSR count). The van der Waals surface area contributed by atoms with Gasteiger partial charge in [-0.25, -0.2) is 4.98 Å². The summed E-state index contributed by atoms with van der Waals surface area (Å²) in [4.78, 5) is 46.3. The number of pyridine rings is 1. The molecule has 3 fully saturated rings. The maximum Gasteiger partial charge on any atom is 0.255 e. The van der Waals surface area contributed by atoms with E-state index in [1.807, 2.05) is 24.4 Å². The van der Waals surface area contributed by atoms with Gasteiger partial charge in [-0.2, -0.15) is 10.6 Å². The van der Waals surface area contributed by atoms with Gasteiger partial charge in [0.2, 0.25) is 11.8 Å². The summed E-state index contributed by atoms with van der Waals surface area (Å²) >= 11 is 0. The van der Waals surface area contributed by atoms with Crippen molar-refractivity contribution in [2.45, 2.75) is 50.9 Å². The first-order valence-electron chi connectivity index (χ1n) is 13.5. The summed E-state index contributed by atoms with van der Waals surface area (Å²) in [5.74, 6) is -0.213. The molecule has 0 aliphatic carbocycles. The number of amides is 3. The highest BCUT2D eigenvalue weighted by molar-refractivity contribution is 8.25. The average molecular weight is 550 g/mol. The van der Waals surface area contributed by atoms with E-state index >= 15 is 0 Å². The third-order valence-corrected chi connectivity index (χ3v) is 10.3. The van der Waals surface area contributed by atoms with E-state index in [9.17, 15) is 23.5 Å². The molecule has 1 atom stereocenters. The number of piperidine rings is 1. The zero-order valence-corrected chi connectivity index (χ0v) is 22.3. The first-order chi connectivity index (χ1) is 18.8. The first-order valence-corrected chi connectivity index (χ1v) is 15.4. The summed E-state index contributed by atoms with van der Waals surface area (Å²) in [5.41, 5.74) is 5.13. The Kier molecular flexibility index (Phi) is 5.81. The summed E-state index contributed by atoms with van der Waals surface area (Å²) in [7, 11) is -2.49. The Morgan fingerprint density at radius 1 is 1.05 bits per heavy atom. The van der Waals surface area contributed by atoms with E-state index in [1.165, 1.54) is 18.4 Å². The Morgan fingerprint density at radius 2 is 1.85 bits per heavy atom. The van der Waals surface area contributed by atoms with Crippen LogP contribution in [0.4, 0.5) is 0 Å². The molecule has 6 heterocycles. The molecule has 4 aliphatic heterocycles. The second-order valence-corrected chi connectivity index (χ2v) is 13.4. The molecule has 3 saturated heterocycles. The van der Waals surface area contributed by atoms with Crippen molar-refractivity contribution in [3.63, 3.8) is 0 Å². The third-order valence-electron chi connectivity index (χ3n) is 8.49. The molecule has 0 spiro atoms. The van der Waals surface area contributed by atoms with Crippen LogP contribution in [0.25, 0.3) is 22.3 Å². The topological polar surface area (TPSA) is 128 Å². The number of rotatable bonds is 5. The van der Waals surface area contributed by atoms with Crippen molar-refractivity contribution < 1.29 is 23.5 Å². The van der Waals surface area contributed by atoms with E-state index in [-0.39, 0.29) is 24.3 Å². The lowest BCUT2D eigenvalue weighted by molar-refractivity contribution is -0.136. The maximum absolute atomic E-state index is 13.2. The number of carbonyl (C=O) groups excluding carboxylic acids is 3. The zero-order valence-electron chi connectivity index (χ0n) is 21.5. The van der Waals surface area contributed by atoms with Gasteiger partial charge in [0.05, 0.1) is 23.2 Å². The van der Waals surface area contributed by atoms with E-state index in [1.54, 1.807) is 4.90 Å². The summed E-state index contributed by atoms with van der Waals surface area (Å²) < 4.78 is 22.1. The summed E-state index contributed by atoms with van der Waals surface area (Å²) in [6.45, 7) is 3.27. The number of nitrogens with zero attached hydrogens (tertiary/aromatic N) is 4. The van der Waals surface area contributed by atoms with Gasteiger partial charge in [0, 0.05) is 42.2 Å². The largest absolute Gasteiger partial charge is 0.326 e. The van der Waals surface area contributed by atoms with Crippen LogP contribution in [0.1, 0.15) is 53.2 Å². The van der Waals surface area contributed by atoms with E-state index in [2.05, 4.69) is 26.9 Å². The quantitative estimate of drug-likeness (QED) is 0.417. The van der Waals surface area contributed by atoms with Crippen LogP contribution in [0, 0.1) is 0 Å².